The second kappa shape index (κ2) is 10.2. The summed E-state index contributed by atoms with van der Waals surface area (Å²) in [5.74, 6) is 1.30. The van der Waals surface area contributed by atoms with E-state index in [4.69, 9.17) is 0 Å². The normalized spacial score (nSPS) is 17.8. The second-order valence-corrected chi connectivity index (χ2v) is 8.14. The number of aryl methyl sites for hydroxylation is 1. The van der Waals surface area contributed by atoms with Gasteiger partial charge in [-0.25, -0.2) is 8.42 Å². The van der Waals surface area contributed by atoms with E-state index in [1.54, 1.807) is 7.05 Å². The number of nitrogens with one attached hydrogen (secondary N) is 2. The lowest BCUT2D eigenvalue weighted by Crippen LogP contribution is -2.45. The van der Waals surface area contributed by atoms with Gasteiger partial charge < -0.3 is 10.6 Å². The Morgan fingerprint density at radius 2 is 1.79 bits per heavy atom. The summed E-state index contributed by atoms with van der Waals surface area (Å²) in [5.41, 5.74) is 2.46. The van der Waals surface area contributed by atoms with Crippen molar-refractivity contribution in [2.45, 2.75) is 13.5 Å². The van der Waals surface area contributed by atoms with Crippen LogP contribution in [0.15, 0.2) is 29.3 Å². The monoisotopic (exact) mass is 466 g/mol. The third-order valence-electron chi connectivity index (χ3n) is 3.96. The zero-order valence-corrected chi connectivity index (χ0v) is 17.4. The van der Waals surface area contributed by atoms with Gasteiger partial charge in [0.05, 0.1) is 11.5 Å². The summed E-state index contributed by atoms with van der Waals surface area (Å²) in [5, 5.41) is 6.55. The molecule has 136 valence electrons. The molecule has 24 heavy (non-hydrogen) atoms. The van der Waals surface area contributed by atoms with E-state index in [9.17, 15) is 8.42 Å². The van der Waals surface area contributed by atoms with Gasteiger partial charge in [-0.2, -0.15) is 0 Å². The largest absolute Gasteiger partial charge is 0.355 e. The van der Waals surface area contributed by atoms with Gasteiger partial charge in [-0.3, -0.25) is 9.89 Å². The van der Waals surface area contributed by atoms with Crippen molar-refractivity contribution in [3.05, 3.63) is 35.4 Å². The Hall–Kier alpha value is -0.870. The van der Waals surface area contributed by atoms with E-state index >= 15 is 0 Å². The first-order valence-corrected chi connectivity index (χ1v) is 9.73. The number of nitrogens with zero attached hydrogens (tertiary/aromatic N) is 2. The number of sulfone groups is 1. The topological polar surface area (TPSA) is 73.8 Å². The van der Waals surface area contributed by atoms with Gasteiger partial charge in [0, 0.05) is 39.8 Å². The van der Waals surface area contributed by atoms with Gasteiger partial charge in [0.15, 0.2) is 15.8 Å². The van der Waals surface area contributed by atoms with Gasteiger partial charge >= 0.3 is 0 Å². The SMILES string of the molecule is CN=C(NCCN1CCS(=O)(=O)CC1)NCc1ccc(C)cc1.I. The minimum absolute atomic E-state index is 0. The maximum Gasteiger partial charge on any atom is 0.191 e. The maximum atomic E-state index is 11.4. The molecule has 1 saturated heterocycles. The van der Waals surface area contributed by atoms with E-state index in [0.717, 1.165) is 25.6 Å². The molecule has 8 heteroatoms. The van der Waals surface area contributed by atoms with Crippen LogP contribution in [0.3, 0.4) is 0 Å². The Labute approximate surface area is 162 Å². The molecule has 1 aromatic carbocycles. The van der Waals surface area contributed by atoms with Crippen LogP contribution in [0.2, 0.25) is 0 Å². The lowest BCUT2D eigenvalue weighted by atomic mass is 10.1. The number of guanidine groups is 1. The molecule has 0 radical (unpaired) electrons. The van der Waals surface area contributed by atoms with Gasteiger partial charge in [-0.1, -0.05) is 29.8 Å². The predicted octanol–water partition coefficient (Wildman–Crippen LogP) is 1.01. The highest BCUT2D eigenvalue weighted by Gasteiger charge is 2.20. The van der Waals surface area contributed by atoms with Crippen molar-refractivity contribution in [1.29, 1.82) is 0 Å². The first-order valence-electron chi connectivity index (χ1n) is 7.91. The fourth-order valence-electron chi connectivity index (χ4n) is 2.42. The lowest BCUT2D eigenvalue weighted by molar-refractivity contribution is 0.299. The molecule has 0 atom stereocenters. The van der Waals surface area contributed by atoms with Crippen molar-refractivity contribution < 1.29 is 8.42 Å². The molecule has 1 aliphatic rings. The molecule has 2 rings (SSSR count). The van der Waals surface area contributed by atoms with E-state index in [1.807, 2.05) is 0 Å². The van der Waals surface area contributed by atoms with Crippen LogP contribution in [0.1, 0.15) is 11.1 Å². The minimum Gasteiger partial charge on any atom is -0.355 e. The van der Waals surface area contributed by atoms with E-state index in [0.29, 0.717) is 13.1 Å². The molecular formula is C16H27IN4O2S. The minimum atomic E-state index is -2.80. The predicted molar refractivity (Wildman–Crippen MR) is 110 cm³/mol. The Morgan fingerprint density at radius 3 is 2.38 bits per heavy atom. The van der Waals surface area contributed by atoms with Crippen molar-refractivity contribution >= 4 is 39.8 Å². The molecule has 6 nitrogen and oxygen atoms in total. The van der Waals surface area contributed by atoms with Crippen LogP contribution in [0, 0.1) is 6.92 Å². The molecule has 1 aromatic rings. The maximum absolute atomic E-state index is 11.4. The molecule has 0 bridgehead atoms. The van der Waals surface area contributed by atoms with E-state index < -0.39 is 9.84 Å². The number of rotatable bonds is 5. The Morgan fingerprint density at radius 1 is 1.17 bits per heavy atom. The zero-order valence-electron chi connectivity index (χ0n) is 14.3. The first kappa shape index (κ1) is 21.2. The number of aliphatic imine (C=N–C) groups is 1. The van der Waals surface area contributed by atoms with Crippen molar-refractivity contribution in [3.8, 4) is 0 Å². The molecule has 0 aliphatic carbocycles. The highest BCUT2D eigenvalue weighted by molar-refractivity contribution is 14.0. The average Bonchev–Trinajstić information content (AvgIpc) is 2.53. The molecule has 0 unspecified atom stereocenters. The Balaban J connectivity index is 0.00000288. The fourth-order valence-corrected chi connectivity index (χ4v) is 3.70. The molecule has 1 heterocycles. The van der Waals surface area contributed by atoms with Crippen molar-refractivity contribution in [3.63, 3.8) is 0 Å². The van der Waals surface area contributed by atoms with Crippen LogP contribution < -0.4 is 10.6 Å². The second-order valence-electron chi connectivity index (χ2n) is 5.83. The number of benzene rings is 1. The van der Waals surface area contributed by atoms with Crippen LogP contribution >= 0.6 is 24.0 Å². The van der Waals surface area contributed by atoms with Crippen LogP contribution in [0.5, 0.6) is 0 Å². The van der Waals surface area contributed by atoms with Crippen molar-refractivity contribution in [1.82, 2.24) is 15.5 Å². The summed E-state index contributed by atoms with van der Waals surface area (Å²) in [6.45, 7) is 5.61. The third kappa shape index (κ3) is 7.35. The summed E-state index contributed by atoms with van der Waals surface area (Å²) in [6.07, 6.45) is 0. The van der Waals surface area contributed by atoms with Gasteiger partial charge in [0.25, 0.3) is 0 Å². The highest BCUT2D eigenvalue weighted by atomic mass is 127. The summed E-state index contributed by atoms with van der Waals surface area (Å²) in [7, 11) is -1.05. The summed E-state index contributed by atoms with van der Waals surface area (Å²) in [4.78, 5) is 6.37. The van der Waals surface area contributed by atoms with Gasteiger partial charge in [0.2, 0.25) is 0 Å². The zero-order chi connectivity index (χ0) is 16.7. The van der Waals surface area contributed by atoms with Crippen LogP contribution in [0.25, 0.3) is 0 Å². The summed E-state index contributed by atoms with van der Waals surface area (Å²) in [6, 6.07) is 8.39. The van der Waals surface area contributed by atoms with Crippen LogP contribution in [0.4, 0.5) is 0 Å². The molecule has 0 amide bonds. The molecule has 1 aliphatic heterocycles. The molecule has 0 aromatic heterocycles. The fraction of sp³-hybridized carbons (Fsp3) is 0.562. The molecule has 1 fully saturated rings. The molecule has 2 N–H and O–H groups in total. The van der Waals surface area contributed by atoms with Gasteiger partial charge in [-0.05, 0) is 12.5 Å². The van der Waals surface area contributed by atoms with Crippen molar-refractivity contribution in [2.75, 3.05) is 44.7 Å². The number of halogens is 1. The number of hydrogen-bond acceptors (Lipinski definition) is 4. The molecule has 0 spiro atoms. The van der Waals surface area contributed by atoms with Gasteiger partial charge in [0.1, 0.15) is 0 Å². The lowest BCUT2D eigenvalue weighted by Gasteiger charge is -2.26. The smallest absolute Gasteiger partial charge is 0.191 e. The van der Waals surface area contributed by atoms with Crippen molar-refractivity contribution in [2.24, 2.45) is 4.99 Å². The third-order valence-corrected chi connectivity index (χ3v) is 5.57. The summed E-state index contributed by atoms with van der Waals surface area (Å²) < 4.78 is 22.8. The Kier molecular flexibility index (Phi) is 8.99. The standard InChI is InChI=1S/C16H26N4O2S.HI/c1-14-3-5-15(6-4-14)13-19-16(17-2)18-7-8-20-9-11-23(21,22)12-10-20;/h3-6H,7-13H2,1-2H3,(H2,17,18,19);1H. The quantitative estimate of drug-likeness (QED) is 0.385. The average molecular weight is 466 g/mol. The van der Waals surface area contributed by atoms with E-state index in [-0.39, 0.29) is 35.5 Å². The first-order chi connectivity index (χ1) is 11.0. The highest BCUT2D eigenvalue weighted by Crippen LogP contribution is 2.03. The molecular weight excluding hydrogens is 439 g/mol. The van der Waals surface area contributed by atoms with Crippen LogP contribution in [-0.2, 0) is 16.4 Å². The van der Waals surface area contributed by atoms with Gasteiger partial charge in [-0.15, -0.1) is 24.0 Å². The van der Waals surface area contributed by atoms with E-state index in [1.165, 1.54) is 11.1 Å². The summed E-state index contributed by atoms with van der Waals surface area (Å²) >= 11 is 0. The molecule has 0 saturated carbocycles. The van der Waals surface area contributed by atoms with Crippen LogP contribution in [-0.4, -0.2) is 64.0 Å². The Bertz CT molecular complexity index is 618. The van der Waals surface area contributed by atoms with E-state index in [2.05, 4.69) is 51.7 Å². The number of hydrogen-bond donors (Lipinski definition) is 2.